The summed E-state index contributed by atoms with van der Waals surface area (Å²) < 4.78 is 0. The molecule has 19 heavy (non-hydrogen) atoms. The van der Waals surface area contributed by atoms with Gasteiger partial charge < -0.3 is 16.7 Å². The van der Waals surface area contributed by atoms with Gasteiger partial charge in [0.2, 0.25) is 0 Å². The summed E-state index contributed by atoms with van der Waals surface area (Å²) in [7, 11) is 0. The largest absolute Gasteiger partial charge is 0.409 e. The van der Waals surface area contributed by atoms with Crippen LogP contribution in [0.4, 0.5) is 0 Å². The van der Waals surface area contributed by atoms with Gasteiger partial charge in [0, 0.05) is 11.4 Å². The van der Waals surface area contributed by atoms with Crippen LogP contribution in [-0.2, 0) is 0 Å². The van der Waals surface area contributed by atoms with Crippen molar-refractivity contribution in [1.82, 2.24) is 0 Å². The van der Waals surface area contributed by atoms with Crippen molar-refractivity contribution in [3.05, 3.63) is 53.7 Å². The van der Waals surface area contributed by atoms with E-state index < -0.39 is 0 Å². The second-order valence-corrected chi connectivity index (χ2v) is 4.18. The molecule has 0 amide bonds. The Morgan fingerprint density at radius 2 is 1.84 bits per heavy atom. The summed E-state index contributed by atoms with van der Waals surface area (Å²) >= 11 is 0. The van der Waals surface area contributed by atoms with E-state index in [1.54, 1.807) is 13.0 Å². The number of aliphatic imine (C=N–C) groups is 1. The maximum absolute atomic E-state index is 8.72. The van der Waals surface area contributed by atoms with Crippen molar-refractivity contribution >= 4 is 17.2 Å². The van der Waals surface area contributed by atoms with Crippen molar-refractivity contribution in [3.63, 3.8) is 0 Å². The van der Waals surface area contributed by atoms with Gasteiger partial charge in [0.25, 0.3) is 0 Å². The maximum atomic E-state index is 8.72. The Bertz CT molecular complexity index is 553. The Kier molecular flexibility index (Phi) is 4.88. The fourth-order valence-corrected chi connectivity index (χ4v) is 1.40. The van der Waals surface area contributed by atoms with E-state index in [0.29, 0.717) is 11.4 Å². The third kappa shape index (κ3) is 4.31. The molecule has 0 fully saturated rings. The standard InChI is InChI=1S/C14H18N4O/c1-9(2)17-13(14(16)18-19)8-12(15)11-6-4-10(3)5-7-11/h4-8,19H,1,15H2,2-3H3,(H2,16,18)/b12-8-,17-13?. The average molecular weight is 258 g/mol. The number of nitrogens with zero attached hydrogens (tertiary/aromatic N) is 2. The Labute approximate surface area is 112 Å². The molecular formula is C14H18N4O. The lowest BCUT2D eigenvalue weighted by molar-refractivity contribution is 0.319. The van der Waals surface area contributed by atoms with E-state index in [1.807, 2.05) is 31.2 Å². The predicted molar refractivity (Wildman–Crippen MR) is 79.0 cm³/mol. The number of oxime groups is 1. The van der Waals surface area contributed by atoms with Crippen LogP contribution in [0.5, 0.6) is 0 Å². The Morgan fingerprint density at radius 1 is 1.26 bits per heavy atom. The molecule has 0 heterocycles. The molecule has 0 atom stereocenters. The average Bonchev–Trinajstić information content (AvgIpc) is 2.37. The van der Waals surface area contributed by atoms with Crippen LogP contribution in [-0.4, -0.2) is 16.8 Å². The fraction of sp³-hybridized carbons (Fsp3) is 0.143. The zero-order valence-corrected chi connectivity index (χ0v) is 11.1. The van der Waals surface area contributed by atoms with Gasteiger partial charge in [0.1, 0.15) is 5.71 Å². The number of rotatable bonds is 4. The van der Waals surface area contributed by atoms with Crippen LogP contribution in [0.1, 0.15) is 18.1 Å². The molecule has 0 aliphatic heterocycles. The second-order valence-electron chi connectivity index (χ2n) is 4.18. The Morgan fingerprint density at radius 3 is 2.32 bits per heavy atom. The minimum Gasteiger partial charge on any atom is -0.409 e. The van der Waals surface area contributed by atoms with Crippen LogP contribution in [0.25, 0.3) is 5.70 Å². The molecule has 0 radical (unpaired) electrons. The lowest BCUT2D eigenvalue weighted by Gasteiger charge is -2.04. The molecule has 1 aromatic rings. The highest BCUT2D eigenvalue weighted by Gasteiger charge is 2.05. The van der Waals surface area contributed by atoms with Crippen molar-refractivity contribution in [2.75, 3.05) is 0 Å². The summed E-state index contributed by atoms with van der Waals surface area (Å²) in [6.07, 6.45) is 1.55. The normalized spacial score (nSPS) is 13.5. The van der Waals surface area contributed by atoms with Gasteiger partial charge in [-0.3, -0.25) is 4.99 Å². The van der Waals surface area contributed by atoms with Crippen LogP contribution >= 0.6 is 0 Å². The van der Waals surface area contributed by atoms with E-state index in [-0.39, 0.29) is 11.5 Å². The molecule has 0 spiro atoms. The van der Waals surface area contributed by atoms with Crippen LogP contribution < -0.4 is 11.5 Å². The number of hydrogen-bond donors (Lipinski definition) is 3. The summed E-state index contributed by atoms with van der Waals surface area (Å²) in [6.45, 7) is 7.36. The summed E-state index contributed by atoms with van der Waals surface area (Å²) in [5.41, 5.74) is 14.8. The third-order valence-electron chi connectivity index (χ3n) is 2.36. The predicted octanol–water partition coefficient (Wildman–Crippen LogP) is 2.02. The molecule has 0 aromatic heterocycles. The first-order chi connectivity index (χ1) is 8.93. The maximum Gasteiger partial charge on any atom is 0.188 e. The molecule has 100 valence electrons. The second kappa shape index (κ2) is 6.39. The zero-order chi connectivity index (χ0) is 14.4. The monoisotopic (exact) mass is 258 g/mol. The Hall–Kier alpha value is -2.56. The van der Waals surface area contributed by atoms with E-state index in [9.17, 15) is 0 Å². The van der Waals surface area contributed by atoms with Crippen molar-refractivity contribution in [1.29, 1.82) is 0 Å². The van der Waals surface area contributed by atoms with Crippen molar-refractivity contribution < 1.29 is 5.21 Å². The smallest absolute Gasteiger partial charge is 0.188 e. The highest BCUT2D eigenvalue weighted by molar-refractivity contribution is 6.46. The number of allylic oxidation sites excluding steroid dienone is 1. The highest BCUT2D eigenvalue weighted by Crippen LogP contribution is 2.10. The molecule has 0 aliphatic carbocycles. The van der Waals surface area contributed by atoms with Crippen LogP contribution in [0, 0.1) is 6.92 Å². The molecule has 0 aliphatic rings. The van der Waals surface area contributed by atoms with Gasteiger partial charge in [0.05, 0.1) is 0 Å². The fourth-order valence-electron chi connectivity index (χ4n) is 1.40. The van der Waals surface area contributed by atoms with Gasteiger partial charge in [-0.2, -0.15) is 0 Å². The molecular weight excluding hydrogens is 240 g/mol. The number of aryl methyl sites for hydroxylation is 1. The van der Waals surface area contributed by atoms with Gasteiger partial charge in [-0.1, -0.05) is 41.6 Å². The molecule has 0 saturated heterocycles. The highest BCUT2D eigenvalue weighted by atomic mass is 16.4. The van der Waals surface area contributed by atoms with E-state index in [4.69, 9.17) is 16.7 Å². The van der Waals surface area contributed by atoms with Gasteiger partial charge in [-0.15, -0.1) is 0 Å². The molecule has 1 rings (SSSR count). The van der Waals surface area contributed by atoms with Gasteiger partial charge in [0.15, 0.2) is 5.84 Å². The van der Waals surface area contributed by atoms with Crippen molar-refractivity contribution in [3.8, 4) is 0 Å². The van der Waals surface area contributed by atoms with E-state index in [0.717, 1.165) is 11.1 Å². The summed E-state index contributed by atoms with van der Waals surface area (Å²) in [5, 5.41) is 11.6. The molecule has 0 bridgehead atoms. The minimum absolute atomic E-state index is 0.113. The van der Waals surface area contributed by atoms with Gasteiger partial charge in [-0.05, 0) is 25.5 Å². The van der Waals surface area contributed by atoms with E-state index in [1.165, 1.54) is 0 Å². The molecule has 0 saturated carbocycles. The van der Waals surface area contributed by atoms with Crippen molar-refractivity contribution in [2.24, 2.45) is 21.6 Å². The number of amidine groups is 1. The number of hydrogen-bond acceptors (Lipinski definition) is 4. The Balaban J connectivity index is 3.16. The number of nitrogens with two attached hydrogens (primary N) is 2. The molecule has 5 nitrogen and oxygen atoms in total. The minimum atomic E-state index is -0.113. The summed E-state index contributed by atoms with van der Waals surface area (Å²) in [5.74, 6) is -0.113. The summed E-state index contributed by atoms with van der Waals surface area (Å²) in [4.78, 5) is 4.08. The van der Waals surface area contributed by atoms with E-state index >= 15 is 0 Å². The van der Waals surface area contributed by atoms with Gasteiger partial charge >= 0.3 is 0 Å². The molecule has 5 heteroatoms. The van der Waals surface area contributed by atoms with Crippen LogP contribution in [0.3, 0.4) is 0 Å². The molecule has 0 unspecified atom stereocenters. The lowest BCUT2D eigenvalue weighted by Crippen LogP contribution is -2.23. The van der Waals surface area contributed by atoms with E-state index in [2.05, 4.69) is 16.7 Å². The molecule has 1 aromatic carbocycles. The topological polar surface area (TPSA) is 97.0 Å². The SMILES string of the molecule is C=C(C)N=C(/C=C(\N)c1ccc(C)cc1)/C(N)=N/O. The first-order valence-corrected chi connectivity index (χ1v) is 5.70. The van der Waals surface area contributed by atoms with Gasteiger partial charge in [-0.25, -0.2) is 0 Å². The lowest BCUT2D eigenvalue weighted by atomic mass is 10.1. The van der Waals surface area contributed by atoms with Crippen molar-refractivity contribution in [2.45, 2.75) is 13.8 Å². The zero-order valence-electron chi connectivity index (χ0n) is 11.1. The third-order valence-corrected chi connectivity index (χ3v) is 2.36. The van der Waals surface area contributed by atoms with Crippen LogP contribution in [0.2, 0.25) is 0 Å². The number of benzene rings is 1. The van der Waals surface area contributed by atoms with Crippen LogP contribution in [0.15, 0.2) is 52.8 Å². The summed E-state index contributed by atoms with van der Waals surface area (Å²) in [6, 6.07) is 7.70. The quantitative estimate of drug-likeness (QED) is 0.333. The molecule has 5 N–H and O–H groups in total. The first-order valence-electron chi connectivity index (χ1n) is 5.70. The first kappa shape index (κ1) is 14.5.